The Labute approximate surface area is 159 Å². The smallest absolute Gasteiger partial charge is 0.231 e. The van der Waals surface area contributed by atoms with E-state index in [1.54, 1.807) is 15.9 Å². The number of amides is 1. The van der Waals surface area contributed by atoms with Crippen LogP contribution in [-0.4, -0.2) is 25.7 Å². The van der Waals surface area contributed by atoms with E-state index in [1.807, 2.05) is 53.9 Å². The molecule has 0 saturated heterocycles. The molecule has 1 aromatic carbocycles. The van der Waals surface area contributed by atoms with Crippen molar-refractivity contribution in [3.8, 4) is 11.3 Å². The molecule has 1 aliphatic carbocycles. The van der Waals surface area contributed by atoms with Gasteiger partial charge in [-0.25, -0.2) is 0 Å². The number of rotatable bonds is 5. The third kappa shape index (κ3) is 2.80. The lowest BCUT2D eigenvalue weighted by Crippen LogP contribution is -2.34. The zero-order valence-electron chi connectivity index (χ0n) is 14.5. The molecule has 1 saturated carbocycles. The highest BCUT2D eigenvalue weighted by Gasteiger charge is 2.51. The van der Waals surface area contributed by atoms with E-state index >= 15 is 0 Å². The highest BCUT2D eigenvalue weighted by atomic mass is 32.1. The molecule has 0 radical (unpaired) electrons. The molecule has 5 rings (SSSR count). The summed E-state index contributed by atoms with van der Waals surface area (Å²) in [5, 5.41) is 20.1. The molecule has 4 aromatic rings. The summed E-state index contributed by atoms with van der Waals surface area (Å²) in [5.74, 6) is 0.665. The van der Waals surface area contributed by atoms with Crippen LogP contribution in [0.5, 0.6) is 0 Å². The van der Waals surface area contributed by atoms with Crippen LogP contribution in [0.1, 0.15) is 24.2 Å². The van der Waals surface area contributed by atoms with Gasteiger partial charge < -0.3 is 5.32 Å². The molecule has 1 amide bonds. The van der Waals surface area contributed by atoms with E-state index in [9.17, 15) is 4.79 Å². The molecule has 1 aliphatic rings. The van der Waals surface area contributed by atoms with Crippen molar-refractivity contribution in [2.45, 2.75) is 24.8 Å². The van der Waals surface area contributed by atoms with Crippen molar-refractivity contribution in [1.82, 2.24) is 25.1 Å². The molecule has 0 unspecified atom stereocenters. The number of carbonyl (C=O) groups is 1. The number of hydrogen-bond donors (Lipinski definition) is 1. The maximum absolute atomic E-state index is 12.8. The van der Waals surface area contributed by atoms with Crippen molar-refractivity contribution >= 4 is 22.9 Å². The molecule has 3 heterocycles. The van der Waals surface area contributed by atoms with E-state index in [4.69, 9.17) is 0 Å². The van der Waals surface area contributed by atoms with Crippen molar-refractivity contribution in [2.24, 2.45) is 0 Å². The topological polar surface area (TPSA) is 72.2 Å². The van der Waals surface area contributed by atoms with Gasteiger partial charge in [-0.2, -0.15) is 21.0 Å². The third-order valence-electron chi connectivity index (χ3n) is 5.06. The van der Waals surface area contributed by atoms with Crippen molar-refractivity contribution in [3.63, 3.8) is 0 Å². The van der Waals surface area contributed by atoms with Crippen molar-refractivity contribution in [2.75, 3.05) is 0 Å². The maximum Gasteiger partial charge on any atom is 0.231 e. The van der Waals surface area contributed by atoms with E-state index in [0.717, 1.165) is 29.7 Å². The van der Waals surface area contributed by atoms with Gasteiger partial charge in [-0.1, -0.05) is 30.3 Å². The fraction of sp³-hybridized carbons (Fsp3) is 0.200. The van der Waals surface area contributed by atoms with E-state index in [0.29, 0.717) is 18.0 Å². The van der Waals surface area contributed by atoms with Crippen LogP contribution in [0, 0.1) is 0 Å². The molecule has 0 aliphatic heterocycles. The summed E-state index contributed by atoms with van der Waals surface area (Å²) < 4.78 is 1.70. The second-order valence-corrected chi connectivity index (χ2v) is 7.53. The Hall–Kier alpha value is -3.06. The molecule has 6 nitrogen and oxygen atoms in total. The first-order valence-electron chi connectivity index (χ1n) is 8.84. The Kier molecular flexibility index (Phi) is 3.75. The average Bonchev–Trinajstić information content (AvgIpc) is 3.16. The first kappa shape index (κ1) is 16.1. The van der Waals surface area contributed by atoms with Crippen molar-refractivity contribution in [3.05, 3.63) is 70.7 Å². The molecule has 0 spiro atoms. The van der Waals surface area contributed by atoms with Crippen molar-refractivity contribution < 1.29 is 4.79 Å². The second kappa shape index (κ2) is 6.28. The molecular formula is C20H17N5OS. The number of benzene rings is 1. The number of hydrogen-bond acceptors (Lipinski definition) is 5. The van der Waals surface area contributed by atoms with E-state index < -0.39 is 5.41 Å². The molecule has 7 heteroatoms. The van der Waals surface area contributed by atoms with Gasteiger partial charge in [0.15, 0.2) is 11.5 Å². The lowest BCUT2D eigenvalue weighted by Gasteiger charge is -2.15. The van der Waals surface area contributed by atoms with Crippen LogP contribution >= 0.6 is 11.3 Å². The number of carbonyl (C=O) groups excluding carboxylic acids is 1. The quantitative estimate of drug-likeness (QED) is 0.581. The lowest BCUT2D eigenvalue weighted by atomic mass is 9.95. The van der Waals surface area contributed by atoms with Crippen LogP contribution in [0.4, 0.5) is 0 Å². The van der Waals surface area contributed by atoms with Gasteiger partial charge in [-0.05, 0) is 42.0 Å². The van der Waals surface area contributed by atoms with Gasteiger partial charge in [0, 0.05) is 10.9 Å². The Bertz CT molecular complexity index is 1100. The van der Waals surface area contributed by atoms with E-state index in [2.05, 4.69) is 26.0 Å². The van der Waals surface area contributed by atoms with Gasteiger partial charge in [0.2, 0.25) is 5.91 Å². The molecule has 0 bridgehead atoms. The van der Waals surface area contributed by atoms with Crippen LogP contribution in [0.2, 0.25) is 0 Å². The Morgan fingerprint density at radius 2 is 1.96 bits per heavy atom. The van der Waals surface area contributed by atoms with Gasteiger partial charge in [0.25, 0.3) is 0 Å². The largest absolute Gasteiger partial charge is 0.348 e. The minimum Gasteiger partial charge on any atom is -0.348 e. The summed E-state index contributed by atoms with van der Waals surface area (Å²) in [5.41, 5.74) is 3.27. The fourth-order valence-electron chi connectivity index (χ4n) is 3.37. The molecule has 3 aromatic heterocycles. The predicted molar refractivity (Wildman–Crippen MR) is 103 cm³/mol. The maximum atomic E-state index is 12.8. The molecule has 27 heavy (non-hydrogen) atoms. The highest BCUT2D eigenvalue weighted by Crippen LogP contribution is 2.48. The minimum absolute atomic E-state index is 0.0411. The van der Waals surface area contributed by atoms with Crippen LogP contribution in [0.3, 0.4) is 0 Å². The summed E-state index contributed by atoms with van der Waals surface area (Å²) in [6, 6.07) is 15.8. The van der Waals surface area contributed by atoms with Gasteiger partial charge in [0.05, 0.1) is 17.7 Å². The molecule has 134 valence electrons. The molecule has 0 atom stereocenters. The summed E-state index contributed by atoms with van der Waals surface area (Å²) in [7, 11) is 0. The first-order valence-corrected chi connectivity index (χ1v) is 9.78. The van der Waals surface area contributed by atoms with Crippen LogP contribution in [0.15, 0.2) is 59.3 Å². The fourth-order valence-corrected chi connectivity index (χ4v) is 4.01. The number of nitrogens with one attached hydrogen (secondary N) is 1. The predicted octanol–water partition coefficient (Wildman–Crippen LogP) is 3.20. The summed E-state index contributed by atoms with van der Waals surface area (Å²) >= 11 is 1.63. The molecule has 1 fully saturated rings. The van der Waals surface area contributed by atoms with Gasteiger partial charge in [-0.15, -0.1) is 10.2 Å². The number of thiophene rings is 1. The third-order valence-corrected chi connectivity index (χ3v) is 5.75. The highest BCUT2D eigenvalue weighted by molar-refractivity contribution is 7.08. The second-order valence-electron chi connectivity index (χ2n) is 6.75. The zero-order valence-corrected chi connectivity index (χ0v) is 15.3. The summed E-state index contributed by atoms with van der Waals surface area (Å²) in [6.07, 6.45) is 1.76. The Morgan fingerprint density at radius 1 is 1.11 bits per heavy atom. The minimum atomic E-state index is -0.392. The first-order chi connectivity index (χ1) is 13.3. The van der Waals surface area contributed by atoms with Crippen LogP contribution in [-0.2, 0) is 16.8 Å². The van der Waals surface area contributed by atoms with E-state index in [-0.39, 0.29) is 5.91 Å². The Morgan fingerprint density at radius 3 is 2.70 bits per heavy atom. The molecular weight excluding hydrogens is 358 g/mol. The summed E-state index contributed by atoms with van der Waals surface area (Å²) in [6.45, 7) is 0.300. The molecule has 1 N–H and O–H groups in total. The number of aromatic nitrogens is 4. The van der Waals surface area contributed by atoms with Gasteiger partial charge >= 0.3 is 0 Å². The summed E-state index contributed by atoms with van der Waals surface area (Å²) in [4.78, 5) is 12.8. The van der Waals surface area contributed by atoms with Gasteiger partial charge in [-0.3, -0.25) is 4.79 Å². The van der Waals surface area contributed by atoms with Crippen LogP contribution in [0.25, 0.3) is 16.9 Å². The van der Waals surface area contributed by atoms with Gasteiger partial charge in [0.1, 0.15) is 0 Å². The number of nitrogens with zero attached hydrogens (tertiary/aromatic N) is 4. The van der Waals surface area contributed by atoms with E-state index in [1.165, 1.54) is 0 Å². The SMILES string of the molecule is O=C(NCc1nnc2ccc(-c3ccsc3)nn12)C1(c2ccccc2)CC1. The lowest BCUT2D eigenvalue weighted by molar-refractivity contribution is -0.123. The van der Waals surface area contributed by atoms with Crippen LogP contribution < -0.4 is 5.32 Å². The Balaban J connectivity index is 1.38. The monoisotopic (exact) mass is 375 g/mol. The normalized spacial score (nSPS) is 15.0. The standard InChI is InChI=1S/C20H17N5OS/c26-19(20(9-10-20)15-4-2-1-3-5-15)21-12-18-23-22-17-7-6-16(24-25(17)18)14-8-11-27-13-14/h1-8,11,13H,9-10,12H2,(H,21,26). The van der Waals surface area contributed by atoms with Crippen molar-refractivity contribution in [1.29, 1.82) is 0 Å². The number of fused-ring (bicyclic) bond motifs is 1. The average molecular weight is 375 g/mol. The zero-order chi connectivity index (χ0) is 18.3.